The maximum Gasteiger partial charge on any atom is 0.317 e. The van der Waals surface area contributed by atoms with E-state index in [2.05, 4.69) is 52.7 Å². The second kappa shape index (κ2) is 74.3. The molecule has 0 aliphatic rings. The van der Waals surface area contributed by atoms with Gasteiger partial charge in [0.25, 0.3) is 0 Å². The van der Waals surface area contributed by atoms with Crippen molar-refractivity contribution >= 4 is 71.3 Å². The lowest BCUT2D eigenvalue weighted by molar-refractivity contribution is -0.163. The van der Waals surface area contributed by atoms with Crippen LogP contribution in [0.2, 0.25) is 0 Å². The molecule has 0 saturated carbocycles. The molecule has 564 valence electrons. The standard InChI is InChI=1S/C16H30O5.2C13H26O3.2C10H18N2O4.C7H14N2O2/c1-4-7-8-10-14(13(17)9-5-2)21-16(19)12-15(18)20-11-6-3;2*1-4-7-8-10-12(11(14)9-5-2)16-13(15)6-3;2*1-3-5-16-10(15)6-9(14)12-7-11-8(13)4-2;1-3-6(10)8-5-9-7(11)4-2/h13-14,17H,4-12H2,1-3H3;2*11-12,14H,4-10H2,1-3H3;2*3-7H2,1-2H3,(H,11,13)(H,12,14);3-5H2,1-2H3,(H,8,10)(H,9,11). The van der Waals surface area contributed by atoms with Crippen LogP contribution >= 0.6 is 0 Å². The molecule has 6 amide bonds. The van der Waals surface area contributed by atoms with Crippen molar-refractivity contribution in [3.05, 3.63) is 0 Å². The van der Waals surface area contributed by atoms with E-state index in [1.54, 1.807) is 41.5 Å². The topological polar surface area (TPSA) is 393 Å². The number of carbonyl (C=O) groups excluding carboxylic acids is 12. The van der Waals surface area contributed by atoms with Crippen LogP contribution in [0, 0.1) is 0 Å². The van der Waals surface area contributed by atoms with E-state index < -0.39 is 60.1 Å². The molecular formula is C69H132N6O21. The summed E-state index contributed by atoms with van der Waals surface area (Å²) in [4.78, 5) is 133. The molecule has 0 bridgehead atoms. The summed E-state index contributed by atoms with van der Waals surface area (Å²) in [6.07, 6.45) is 17.1. The first-order valence-electron chi connectivity index (χ1n) is 35.4. The van der Waals surface area contributed by atoms with E-state index in [0.29, 0.717) is 84.0 Å². The third-order valence-corrected chi connectivity index (χ3v) is 13.0. The van der Waals surface area contributed by atoms with Crippen molar-refractivity contribution in [2.75, 3.05) is 39.8 Å². The third kappa shape index (κ3) is 71.8. The summed E-state index contributed by atoms with van der Waals surface area (Å²) in [5, 5.41) is 44.5. The molecule has 27 heteroatoms. The fraction of sp³-hybridized carbons (Fsp3) is 0.826. The van der Waals surface area contributed by atoms with Gasteiger partial charge in [0.2, 0.25) is 35.4 Å². The maximum atomic E-state index is 11.7. The zero-order valence-electron chi connectivity index (χ0n) is 61.6. The molecule has 9 N–H and O–H groups in total. The predicted octanol–water partition coefficient (Wildman–Crippen LogP) is 8.94. The van der Waals surface area contributed by atoms with Gasteiger partial charge in [-0.3, -0.25) is 57.5 Å². The molecule has 0 aromatic carbocycles. The summed E-state index contributed by atoms with van der Waals surface area (Å²) >= 11 is 0. The number of hydrogen-bond acceptors (Lipinski definition) is 21. The second-order valence-electron chi connectivity index (χ2n) is 22.1. The Hall–Kier alpha value is -6.48. The summed E-state index contributed by atoms with van der Waals surface area (Å²) in [5.74, 6) is -4.07. The molecule has 27 nitrogen and oxygen atoms in total. The van der Waals surface area contributed by atoms with E-state index >= 15 is 0 Å². The van der Waals surface area contributed by atoms with E-state index in [-0.39, 0.29) is 87.0 Å². The monoisotopic (exact) mass is 1380 g/mol. The van der Waals surface area contributed by atoms with Crippen molar-refractivity contribution in [1.82, 2.24) is 31.9 Å². The maximum absolute atomic E-state index is 11.7. The molecule has 0 saturated heterocycles. The molecule has 0 fully saturated rings. The van der Waals surface area contributed by atoms with Gasteiger partial charge in [-0.2, -0.15) is 0 Å². The lowest BCUT2D eigenvalue weighted by atomic mass is 10.0. The highest BCUT2D eigenvalue weighted by atomic mass is 16.6. The lowest BCUT2D eigenvalue weighted by Gasteiger charge is -2.23. The minimum atomic E-state index is -0.664. The van der Waals surface area contributed by atoms with Gasteiger partial charge < -0.3 is 75.6 Å². The van der Waals surface area contributed by atoms with Crippen molar-refractivity contribution in [2.45, 2.75) is 333 Å². The highest BCUT2D eigenvalue weighted by Crippen LogP contribution is 2.18. The normalized spacial score (nSPS) is 11.9. The van der Waals surface area contributed by atoms with Crippen molar-refractivity contribution in [3.8, 4) is 0 Å². The number of ether oxygens (including phenoxy) is 6. The summed E-state index contributed by atoms with van der Waals surface area (Å²) in [7, 11) is 0. The quantitative estimate of drug-likeness (QED) is 0.00902. The third-order valence-electron chi connectivity index (χ3n) is 13.0. The van der Waals surface area contributed by atoms with Crippen LogP contribution < -0.4 is 31.9 Å². The van der Waals surface area contributed by atoms with Gasteiger partial charge in [0.05, 0.1) is 58.1 Å². The first-order chi connectivity index (χ1) is 45.7. The molecule has 0 aliphatic heterocycles. The summed E-state index contributed by atoms with van der Waals surface area (Å²) in [5.41, 5.74) is 0. The number of nitrogens with one attached hydrogen (secondary N) is 6. The summed E-state index contributed by atoms with van der Waals surface area (Å²) in [6, 6.07) is 0. The number of carbonyl (C=O) groups is 12. The van der Waals surface area contributed by atoms with E-state index in [4.69, 9.17) is 28.4 Å². The summed E-state index contributed by atoms with van der Waals surface area (Å²) < 4.78 is 30.1. The van der Waals surface area contributed by atoms with Crippen LogP contribution in [0.5, 0.6) is 0 Å². The fourth-order valence-corrected chi connectivity index (χ4v) is 7.47. The van der Waals surface area contributed by atoms with E-state index in [9.17, 15) is 72.9 Å². The zero-order valence-corrected chi connectivity index (χ0v) is 61.6. The van der Waals surface area contributed by atoms with Crippen LogP contribution in [0.1, 0.15) is 296 Å². The Morgan fingerprint density at radius 1 is 0.260 bits per heavy atom. The largest absolute Gasteiger partial charge is 0.465 e. The fourth-order valence-electron chi connectivity index (χ4n) is 7.47. The molecule has 0 aliphatic carbocycles. The minimum Gasteiger partial charge on any atom is -0.465 e. The Morgan fingerprint density at radius 3 is 0.719 bits per heavy atom. The van der Waals surface area contributed by atoms with Crippen LogP contribution in [0.3, 0.4) is 0 Å². The summed E-state index contributed by atoms with van der Waals surface area (Å²) in [6.45, 7) is 29.7. The van der Waals surface area contributed by atoms with E-state index in [0.717, 1.165) is 109 Å². The first-order valence-corrected chi connectivity index (χ1v) is 35.4. The molecule has 6 unspecified atom stereocenters. The Kier molecular flexibility index (Phi) is 77.8. The number of unbranched alkanes of at least 4 members (excludes halogenated alkanes) is 6. The Labute approximate surface area is 575 Å². The Morgan fingerprint density at radius 2 is 0.500 bits per heavy atom. The molecule has 0 aromatic rings. The number of rotatable bonds is 48. The van der Waals surface area contributed by atoms with Crippen molar-refractivity contribution in [1.29, 1.82) is 0 Å². The highest BCUT2D eigenvalue weighted by Gasteiger charge is 2.25. The van der Waals surface area contributed by atoms with Gasteiger partial charge in [-0.15, -0.1) is 0 Å². The van der Waals surface area contributed by atoms with Crippen LogP contribution in [0.15, 0.2) is 0 Å². The van der Waals surface area contributed by atoms with Gasteiger partial charge in [0.1, 0.15) is 37.6 Å². The lowest BCUT2D eigenvalue weighted by Crippen LogP contribution is -2.37. The molecule has 0 rings (SSSR count). The smallest absolute Gasteiger partial charge is 0.317 e. The van der Waals surface area contributed by atoms with E-state index in [1.165, 1.54) is 0 Å². The Balaban J connectivity index is -0.000000255. The highest BCUT2D eigenvalue weighted by molar-refractivity contribution is 5.95. The molecule has 0 aromatic heterocycles. The van der Waals surface area contributed by atoms with Crippen LogP contribution in [0.4, 0.5) is 0 Å². The Bertz CT molecular complexity index is 1910. The molecular weight excluding hydrogens is 1250 g/mol. The van der Waals surface area contributed by atoms with Crippen molar-refractivity contribution in [3.63, 3.8) is 0 Å². The number of esters is 6. The first kappa shape index (κ1) is 101. The average molecular weight is 1380 g/mol. The number of aliphatic hydroxyl groups excluding tert-OH is 3. The minimum absolute atomic E-state index is 0.0343. The molecule has 0 spiro atoms. The van der Waals surface area contributed by atoms with Gasteiger partial charge >= 0.3 is 35.8 Å². The van der Waals surface area contributed by atoms with Gasteiger partial charge in [0.15, 0.2) is 0 Å². The van der Waals surface area contributed by atoms with Gasteiger partial charge in [0, 0.05) is 38.5 Å². The second-order valence-corrected chi connectivity index (χ2v) is 22.1. The molecule has 96 heavy (non-hydrogen) atoms. The SMILES string of the molecule is CCC(=O)NCNC(=O)CC.CCCCCC(OC(=O)CC(=O)OCCC)C(O)CCC.CCCCCC(OC(=O)CC)C(O)CCC.CCCCCC(OC(=O)CC)C(O)CCC.CCCOC(=O)CC(=O)NCNC(=O)CC.CCCOC(=O)CC(=O)NCNC(=O)CC. The van der Waals surface area contributed by atoms with Crippen LogP contribution in [-0.2, 0) is 86.0 Å². The van der Waals surface area contributed by atoms with E-state index in [1.807, 2.05) is 41.5 Å². The average Bonchev–Trinajstić information content (AvgIpc) is 1.90. The van der Waals surface area contributed by atoms with Gasteiger partial charge in [-0.1, -0.05) is 162 Å². The number of amides is 6. The molecule has 0 radical (unpaired) electrons. The van der Waals surface area contributed by atoms with Gasteiger partial charge in [-0.25, -0.2) is 0 Å². The van der Waals surface area contributed by atoms with Crippen molar-refractivity contribution < 1.29 is 101 Å². The predicted molar refractivity (Wildman–Crippen MR) is 368 cm³/mol. The van der Waals surface area contributed by atoms with Crippen LogP contribution in [-0.4, -0.2) is 163 Å². The molecule has 0 heterocycles. The number of hydrogen-bond donors (Lipinski definition) is 9. The van der Waals surface area contributed by atoms with Gasteiger partial charge in [-0.05, 0) is 77.0 Å². The molecule has 6 atom stereocenters. The zero-order chi connectivity index (χ0) is 74.3. The van der Waals surface area contributed by atoms with Crippen molar-refractivity contribution in [2.24, 2.45) is 0 Å². The van der Waals surface area contributed by atoms with Crippen LogP contribution in [0.25, 0.3) is 0 Å². The number of aliphatic hydroxyl groups is 3.